The standard InChI is InChI=1S/C25H30FN3O2/c26-21-10-12-22(13-11-21)27-25(31)24(20-8-2-1-3-9-20)29-16-14-28(15-17-29)23(30)18-19-6-4-5-7-19/h1-3,8-13,19,24H,4-7,14-18H2,(H,27,31). The first-order valence-electron chi connectivity index (χ1n) is 11.2. The number of carbonyl (C=O) groups excluding carboxylic acids is 2. The van der Waals surface area contributed by atoms with Crippen LogP contribution < -0.4 is 5.32 Å². The Kier molecular flexibility index (Phi) is 6.97. The lowest BCUT2D eigenvalue weighted by molar-refractivity contribution is -0.134. The van der Waals surface area contributed by atoms with Crippen molar-refractivity contribution in [1.29, 1.82) is 0 Å². The maximum absolute atomic E-state index is 13.2. The fraction of sp³-hybridized carbons (Fsp3) is 0.440. The van der Waals surface area contributed by atoms with Gasteiger partial charge < -0.3 is 10.2 Å². The molecule has 0 radical (unpaired) electrons. The molecule has 1 saturated carbocycles. The van der Waals surface area contributed by atoms with Gasteiger partial charge in [-0.05, 0) is 48.6 Å². The van der Waals surface area contributed by atoms with E-state index >= 15 is 0 Å². The highest BCUT2D eigenvalue weighted by Crippen LogP contribution is 2.29. The Morgan fingerprint density at radius 3 is 2.23 bits per heavy atom. The third-order valence-corrected chi connectivity index (χ3v) is 6.45. The monoisotopic (exact) mass is 423 g/mol. The molecule has 1 unspecified atom stereocenters. The number of piperazine rings is 1. The minimum Gasteiger partial charge on any atom is -0.340 e. The maximum atomic E-state index is 13.2. The lowest BCUT2D eigenvalue weighted by atomic mass is 10.0. The average molecular weight is 424 g/mol. The highest BCUT2D eigenvalue weighted by atomic mass is 19.1. The van der Waals surface area contributed by atoms with Gasteiger partial charge in [-0.1, -0.05) is 43.2 Å². The zero-order valence-corrected chi connectivity index (χ0v) is 17.8. The SMILES string of the molecule is O=C(Nc1ccc(F)cc1)C(c1ccccc1)N1CCN(C(=O)CC2CCCC2)CC1. The fourth-order valence-corrected chi connectivity index (χ4v) is 4.73. The second kappa shape index (κ2) is 10.1. The predicted octanol–water partition coefficient (Wildman–Crippen LogP) is 4.23. The minimum atomic E-state index is -0.460. The Morgan fingerprint density at radius 2 is 1.58 bits per heavy atom. The number of amides is 2. The molecule has 2 amide bonds. The van der Waals surface area contributed by atoms with Crippen LogP contribution in [0.5, 0.6) is 0 Å². The van der Waals surface area contributed by atoms with Crippen LogP contribution in [0.4, 0.5) is 10.1 Å². The summed E-state index contributed by atoms with van der Waals surface area (Å²) in [6.45, 7) is 2.57. The topological polar surface area (TPSA) is 52.7 Å². The Morgan fingerprint density at radius 1 is 0.935 bits per heavy atom. The molecule has 6 heteroatoms. The quantitative estimate of drug-likeness (QED) is 0.757. The first-order chi connectivity index (χ1) is 15.1. The molecule has 2 aromatic rings. The Labute approximate surface area is 183 Å². The van der Waals surface area contributed by atoms with Crippen molar-refractivity contribution in [2.75, 3.05) is 31.5 Å². The van der Waals surface area contributed by atoms with Gasteiger partial charge in [0, 0.05) is 38.3 Å². The second-order valence-electron chi connectivity index (χ2n) is 8.58. The zero-order chi connectivity index (χ0) is 21.6. The number of hydrogen-bond acceptors (Lipinski definition) is 3. The third kappa shape index (κ3) is 5.50. The van der Waals surface area contributed by atoms with Crippen LogP contribution >= 0.6 is 0 Å². The van der Waals surface area contributed by atoms with Crippen LogP contribution in [0, 0.1) is 11.7 Å². The van der Waals surface area contributed by atoms with E-state index in [0.29, 0.717) is 44.2 Å². The summed E-state index contributed by atoms with van der Waals surface area (Å²) in [6, 6.07) is 15.0. The van der Waals surface area contributed by atoms with Crippen LogP contribution in [0.2, 0.25) is 0 Å². The van der Waals surface area contributed by atoms with E-state index in [1.54, 1.807) is 12.1 Å². The van der Waals surface area contributed by atoms with Gasteiger partial charge in [-0.2, -0.15) is 0 Å². The first kappa shape index (κ1) is 21.5. The molecule has 1 heterocycles. The Bertz CT molecular complexity index is 873. The summed E-state index contributed by atoms with van der Waals surface area (Å²) >= 11 is 0. The van der Waals surface area contributed by atoms with Gasteiger partial charge in [0.2, 0.25) is 11.8 Å². The van der Waals surface area contributed by atoms with E-state index in [-0.39, 0.29) is 17.6 Å². The smallest absolute Gasteiger partial charge is 0.246 e. The van der Waals surface area contributed by atoms with Gasteiger partial charge in [-0.3, -0.25) is 14.5 Å². The fourth-order valence-electron chi connectivity index (χ4n) is 4.73. The van der Waals surface area contributed by atoms with Crippen molar-refractivity contribution >= 4 is 17.5 Å². The lowest BCUT2D eigenvalue weighted by Gasteiger charge is -2.39. The van der Waals surface area contributed by atoms with Gasteiger partial charge in [0.1, 0.15) is 11.9 Å². The summed E-state index contributed by atoms with van der Waals surface area (Å²) in [5.41, 5.74) is 1.48. The molecular formula is C25H30FN3O2. The molecule has 1 N–H and O–H groups in total. The van der Waals surface area contributed by atoms with E-state index in [1.807, 2.05) is 35.2 Å². The van der Waals surface area contributed by atoms with E-state index in [0.717, 1.165) is 5.56 Å². The highest BCUT2D eigenvalue weighted by Gasteiger charge is 2.32. The van der Waals surface area contributed by atoms with E-state index in [2.05, 4.69) is 10.2 Å². The number of benzene rings is 2. The van der Waals surface area contributed by atoms with E-state index < -0.39 is 6.04 Å². The van der Waals surface area contributed by atoms with Crippen molar-refractivity contribution in [1.82, 2.24) is 9.80 Å². The number of anilines is 1. The number of hydrogen-bond donors (Lipinski definition) is 1. The molecule has 2 aromatic carbocycles. The molecule has 1 atom stereocenters. The molecule has 5 nitrogen and oxygen atoms in total. The van der Waals surface area contributed by atoms with Gasteiger partial charge >= 0.3 is 0 Å². The number of nitrogens with zero attached hydrogens (tertiary/aromatic N) is 2. The van der Waals surface area contributed by atoms with Crippen molar-refractivity contribution < 1.29 is 14.0 Å². The van der Waals surface area contributed by atoms with Crippen molar-refractivity contribution in [2.45, 2.75) is 38.1 Å². The van der Waals surface area contributed by atoms with Crippen LogP contribution in [0.25, 0.3) is 0 Å². The van der Waals surface area contributed by atoms with Gasteiger partial charge in [-0.25, -0.2) is 4.39 Å². The molecule has 0 aromatic heterocycles. The number of rotatable bonds is 6. The summed E-state index contributed by atoms with van der Waals surface area (Å²) in [6.07, 6.45) is 5.49. The number of halogens is 1. The molecule has 0 bridgehead atoms. The highest BCUT2D eigenvalue weighted by molar-refractivity contribution is 5.95. The van der Waals surface area contributed by atoms with Crippen LogP contribution in [0.3, 0.4) is 0 Å². The first-order valence-corrected chi connectivity index (χ1v) is 11.2. The summed E-state index contributed by atoms with van der Waals surface area (Å²) in [5.74, 6) is 0.308. The van der Waals surface area contributed by atoms with Crippen molar-refractivity contribution in [2.24, 2.45) is 5.92 Å². The van der Waals surface area contributed by atoms with Crippen LogP contribution in [0.15, 0.2) is 54.6 Å². The molecule has 31 heavy (non-hydrogen) atoms. The summed E-state index contributed by atoms with van der Waals surface area (Å²) in [5, 5.41) is 2.92. The van der Waals surface area contributed by atoms with Gasteiger partial charge in [0.05, 0.1) is 0 Å². The molecule has 1 aliphatic heterocycles. The molecule has 164 valence electrons. The summed E-state index contributed by atoms with van der Waals surface area (Å²) in [4.78, 5) is 30.0. The summed E-state index contributed by atoms with van der Waals surface area (Å²) in [7, 11) is 0. The normalized spacial score (nSPS) is 18.7. The van der Waals surface area contributed by atoms with E-state index in [4.69, 9.17) is 0 Å². The molecule has 2 fully saturated rings. The van der Waals surface area contributed by atoms with Gasteiger partial charge in [-0.15, -0.1) is 0 Å². The zero-order valence-electron chi connectivity index (χ0n) is 17.8. The number of carbonyl (C=O) groups is 2. The van der Waals surface area contributed by atoms with Crippen molar-refractivity contribution in [3.63, 3.8) is 0 Å². The number of nitrogens with one attached hydrogen (secondary N) is 1. The van der Waals surface area contributed by atoms with Crippen molar-refractivity contribution in [3.8, 4) is 0 Å². The molecule has 0 spiro atoms. The van der Waals surface area contributed by atoms with Gasteiger partial charge in [0.15, 0.2) is 0 Å². The minimum absolute atomic E-state index is 0.149. The molecule has 2 aliphatic rings. The summed E-state index contributed by atoms with van der Waals surface area (Å²) < 4.78 is 13.2. The molecular weight excluding hydrogens is 393 g/mol. The van der Waals surface area contributed by atoms with E-state index in [1.165, 1.54) is 37.8 Å². The van der Waals surface area contributed by atoms with Crippen LogP contribution in [-0.4, -0.2) is 47.8 Å². The third-order valence-electron chi connectivity index (χ3n) is 6.45. The molecule has 4 rings (SSSR count). The molecule has 1 aliphatic carbocycles. The average Bonchev–Trinajstić information content (AvgIpc) is 3.30. The Balaban J connectivity index is 1.42. The van der Waals surface area contributed by atoms with E-state index in [9.17, 15) is 14.0 Å². The second-order valence-corrected chi connectivity index (χ2v) is 8.58. The lowest BCUT2D eigenvalue weighted by Crippen LogP contribution is -2.51. The predicted molar refractivity (Wildman–Crippen MR) is 119 cm³/mol. The van der Waals surface area contributed by atoms with Gasteiger partial charge in [0.25, 0.3) is 0 Å². The Hall–Kier alpha value is -2.73. The van der Waals surface area contributed by atoms with Crippen molar-refractivity contribution in [3.05, 3.63) is 66.0 Å². The van der Waals surface area contributed by atoms with Crippen LogP contribution in [-0.2, 0) is 9.59 Å². The largest absolute Gasteiger partial charge is 0.340 e. The molecule has 1 saturated heterocycles. The maximum Gasteiger partial charge on any atom is 0.246 e. The van der Waals surface area contributed by atoms with Crippen LogP contribution in [0.1, 0.15) is 43.7 Å².